The van der Waals surface area contributed by atoms with Crippen LogP contribution in [0.25, 0.3) is 0 Å². The van der Waals surface area contributed by atoms with Gasteiger partial charge in [0.1, 0.15) is 28.7 Å². The van der Waals surface area contributed by atoms with Crippen molar-refractivity contribution in [2.45, 2.75) is 32.6 Å². The summed E-state index contributed by atoms with van der Waals surface area (Å²) in [4.78, 5) is 23.6. The van der Waals surface area contributed by atoms with E-state index >= 15 is 0 Å². The van der Waals surface area contributed by atoms with Crippen LogP contribution in [-0.4, -0.2) is 65.0 Å². The molecule has 4 rings (SSSR count). The first-order chi connectivity index (χ1) is 22.4. The Labute approximate surface area is 270 Å². The lowest BCUT2D eigenvalue weighted by Crippen LogP contribution is -2.43. The lowest BCUT2D eigenvalue weighted by molar-refractivity contribution is -0.138. The topological polar surface area (TPSA) is 108 Å². The molecule has 46 heavy (non-hydrogen) atoms. The highest BCUT2D eigenvalue weighted by atomic mass is 16.7. The monoisotopic (exact) mass is 634 g/mol. The zero-order valence-electron chi connectivity index (χ0n) is 26.3. The maximum atomic E-state index is 12.5. The smallest absolute Gasteiger partial charge is 0.343 e. The van der Waals surface area contributed by atoms with Gasteiger partial charge in [0.05, 0.1) is 45.2 Å². The summed E-state index contributed by atoms with van der Waals surface area (Å²) in [5.74, 6) is 2.10. The Hall–Kier alpha value is -4.54. The van der Waals surface area contributed by atoms with Gasteiger partial charge in [-0.05, 0) is 98.5 Å². The second kappa shape index (κ2) is 18.4. The lowest BCUT2D eigenvalue weighted by atomic mass is 9.90. The van der Waals surface area contributed by atoms with E-state index in [9.17, 15) is 9.59 Å². The Morgan fingerprint density at radius 3 is 1.70 bits per heavy atom. The van der Waals surface area contributed by atoms with E-state index in [2.05, 4.69) is 13.5 Å². The molecule has 3 aromatic carbocycles. The van der Waals surface area contributed by atoms with Gasteiger partial charge in [0.25, 0.3) is 0 Å². The van der Waals surface area contributed by atoms with Crippen LogP contribution in [0.4, 0.5) is 0 Å². The largest absolute Gasteiger partial charge is 0.494 e. The Morgan fingerprint density at radius 1 is 0.696 bits per heavy atom. The van der Waals surface area contributed by atoms with Gasteiger partial charge in [0, 0.05) is 18.1 Å². The predicted molar refractivity (Wildman–Crippen MR) is 171 cm³/mol. The zero-order valence-corrected chi connectivity index (χ0v) is 26.3. The summed E-state index contributed by atoms with van der Waals surface area (Å²) in [6.07, 6.45) is 4.40. The van der Waals surface area contributed by atoms with Crippen molar-refractivity contribution in [3.8, 4) is 28.7 Å². The van der Waals surface area contributed by atoms with Gasteiger partial charge in [-0.1, -0.05) is 13.5 Å². The van der Waals surface area contributed by atoms with E-state index in [1.165, 1.54) is 0 Å². The summed E-state index contributed by atoms with van der Waals surface area (Å²) >= 11 is 0. The summed E-state index contributed by atoms with van der Waals surface area (Å²) in [5, 5.41) is 0. The minimum atomic E-state index is -0.487. The number of ether oxygens (including phenoxy) is 8. The quantitative estimate of drug-likeness (QED) is 0.0428. The van der Waals surface area contributed by atoms with Gasteiger partial charge in [-0.25, -0.2) is 9.59 Å². The second-order valence-electron chi connectivity index (χ2n) is 11.1. The average Bonchev–Trinajstić information content (AvgIpc) is 3.06. The van der Waals surface area contributed by atoms with E-state index in [1.54, 1.807) is 48.5 Å². The van der Waals surface area contributed by atoms with E-state index in [4.69, 9.17) is 37.9 Å². The van der Waals surface area contributed by atoms with Gasteiger partial charge in [-0.15, -0.1) is 0 Å². The predicted octanol–water partition coefficient (Wildman–Crippen LogP) is 6.42. The van der Waals surface area contributed by atoms with E-state index in [1.807, 2.05) is 24.3 Å². The Morgan fingerprint density at radius 2 is 1.17 bits per heavy atom. The van der Waals surface area contributed by atoms with Crippen molar-refractivity contribution in [1.82, 2.24) is 0 Å². The van der Waals surface area contributed by atoms with E-state index in [0.29, 0.717) is 54.8 Å². The standard InChI is InChI=1S/C36H42O10/c1-3-34(37)43-23-7-6-22-41-29-10-8-28(9-11-29)35(38)46-33-18-16-32(17-19-33)45-27-44-31-14-12-30(13-15-31)42-21-5-4-20-39-24-36(2)25-40-26-36/h3,8-19H,1,4-7,20-27H2,2H3. The van der Waals surface area contributed by atoms with Crippen molar-refractivity contribution in [2.75, 3.05) is 53.0 Å². The van der Waals surface area contributed by atoms with Crippen LogP contribution in [0.5, 0.6) is 28.7 Å². The molecule has 10 nitrogen and oxygen atoms in total. The summed E-state index contributed by atoms with van der Waals surface area (Å²) in [7, 11) is 0. The molecule has 0 N–H and O–H groups in total. The summed E-state index contributed by atoms with van der Waals surface area (Å²) in [6, 6.07) is 20.8. The molecule has 0 unspecified atom stereocenters. The highest BCUT2D eigenvalue weighted by Gasteiger charge is 2.33. The fraction of sp³-hybridized carbons (Fsp3) is 0.389. The summed E-state index contributed by atoms with van der Waals surface area (Å²) < 4.78 is 44.2. The maximum Gasteiger partial charge on any atom is 0.343 e. The van der Waals surface area contributed by atoms with Gasteiger partial charge in [-0.3, -0.25) is 0 Å². The van der Waals surface area contributed by atoms with Crippen LogP contribution in [-0.2, 0) is 19.0 Å². The zero-order chi connectivity index (χ0) is 32.5. The molecule has 0 saturated carbocycles. The molecule has 246 valence electrons. The summed E-state index contributed by atoms with van der Waals surface area (Å²) in [6.45, 7) is 10.00. The molecule has 0 spiro atoms. The first kappa shape index (κ1) is 34.3. The fourth-order valence-electron chi connectivity index (χ4n) is 4.23. The number of unbranched alkanes of at least 4 members (excludes halogenated alkanes) is 2. The van der Waals surface area contributed by atoms with Gasteiger partial charge in [0.15, 0.2) is 0 Å². The van der Waals surface area contributed by atoms with Crippen LogP contribution in [0.3, 0.4) is 0 Å². The molecule has 1 saturated heterocycles. The highest BCUT2D eigenvalue weighted by molar-refractivity contribution is 5.91. The number of hydrogen-bond donors (Lipinski definition) is 0. The Bertz CT molecular complexity index is 1350. The third kappa shape index (κ3) is 12.1. The third-order valence-electron chi connectivity index (χ3n) is 6.92. The summed E-state index contributed by atoms with van der Waals surface area (Å²) in [5.41, 5.74) is 0.582. The number of carbonyl (C=O) groups excluding carboxylic acids is 2. The number of esters is 2. The van der Waals surface area contributed by atoms with Crippen LogP contribution in [0.2, 0.25) is 0 Å². The molecule has 0 bridgehead atoms. The van der Waals surface area contributed by atoms with Gasteiger partial charge in [0.2, 0.25) is 6.79 Å². The molecule has 3 aromatic rings. The molecule has 0 amide bonds. The number of rotatable bonds is 21. The minimum absolute atomic E-state index is 0.0156. The Kier molecular flexibility index (Phi) is 13.8. The first-order valence-corrected chi connectivity index (χ1v) is 15.4. The normalized spacial score (nSPS) is 13.2. The molecular weight excluding hydrogens is 592 g/mol. The number of carbonyl (C=O) groups is 2. The van der Waals surface area contributed by atoms with Gasteiger partial charge < -0.3 is 37.9 Å². The molecular formula is C36H42O10. The average molecular weight is 635 g/mol. The maximum absolute atomic E-state index is 12.5. The molecule has 1 aliphatic heterocycles. The fourth-order valence-corrected chi connectivity index (χ4v) is 4.23. The SMILES string of the molecule is C=CC(=O)OCCCCOc1ccc(C(=O)Oc2ccc(OCOc3ccc(OCCCCOCC4(C)COC4)cc3)cc2)cc1. The number of benzene rings is 3. The van der Waals surface area contributed by atoms with Crippen LogP contribution >= 0.6 is 0 Å². The van der Waals surface area contributed by atoms with Gasteiger partial charge >= 0.3 is 11.9 Å². The number of hydrogen-bond acceptors (Lipinski definition) is 10. The van der Waals surface area contributed by atoms with Crippen molar-refractivity contribution >= 4 is 11.9 Å². The molecule has 1 aliphatic rings. The van der Waals surface area contributed by atoms with Crippen LogP contribution in [0.1, 0.15) is 43.0 Å². The van der Waals surface area contributed by atoms with Crippen LogP contribution < -0.4 is 23.7 Å². The van der Waals surface area contributed by atoms with Crippen molar-refractivity contribution < 1.29 is 47.5 Å². The van der Waals surface area contributed by atoms with Crippen molar-refractivity contribution in [3.63, 3.8) is 0 Å². The lowest BCUT2D eigenvalue weighted by Gasteiger charge is -2.37. The van der Waals surface area contributed by atoms with Crippen LogP contribution in [0, 0.1) is 5.41 Å². The molecule has 0 radical (unpaired) electrons. The second-order valence-corrected chi connectivity index (χ2v) is 11.1. The van der Waals surface area contributed by atoms with Gasteiger partial charge in [-0.2, -0.15) is 0 Å². The first-order valence-electron chi connectivity index (χ1n) is 15.4. The minimum Gasteiger partial charge on any atom is -0.494 e. The van der Waals surface area contributed by atoms with E-state index in [-0.39, 0.29) is 12.2 Å². The molecule has 10 heteroatoms. The van der Waals surface area contributed by atoms with E-state index < -0.39 is 11.9 Å². The molecule has 1 fully saturated rings. The van der Waals surface area contributed by atoms with Crippen molar-refractivity contribution in [1.29, 1.82) is 0 Å². The van der Waals surface area contributed by atoms with Crippen LogP contribution in [0.15, 0.2) is 85.5 Å². The molecule has 0 aromatic heterocycles. The molecule has 1 heterocycles. The van der Waals surface area contributed by atoms with Crippen molar-refractivity contribution in [3.05, 3.63) is 91.0 Å². The van der Waals surface area contributed by atoms with Crippen molar-refractivity contribution in [2.24, 2.45) is 5.41 Å². The Balaban J connectivity index is 1.06. The van der Waals surface area contributed by atoms with E-state index in [0.717, 1.165) is 57.5 Å². The third-order valence-corrected chi connectivity index (χ3v) is 6.92. The molecule has 0 aliphatic carbocycles. The highest BCUT2D eigenvalue weighted by Crippen LogP contribution is 2.26. The molecule has 0 atom stereocenters.